The van der Waals surface area contributed by atoms with E-state index in [0.717, 1.165) is 12.0 Å². The van der Waals surface area contributed by atoms with E-state index < -0.39 is 0 Å². The Hall–Kier alpha value is -0.120. The SMILES string of the molecule is CCCC1CC1NCCN1CCN(C)CC1. The molecule has 0 spiro atoms. The number of nitrogens with zero attached hydrogens (tertiary/aromatic N) is 2. The Morgan fingerprint density at radius 2 is 1.94 bits per heavy atom. The summed E-state index contributed by atoms with van der Waals surface area (Å²) in [4.78, 5) is 5.01. The smallest absolute Gasteiger partial charge is 0.0110 e. The van der Waals surface area contributed by atoms with Crippen LogP contribution in [0.3, 0.4) is 0 Å². The molecule has 3 nitrogen and oxygen atoms in total. The molecule has 0 aromatic rings. The fraction of sp³-hybridized carbons (Fsp3) is 1.00. The molecule has 0 aromatic carbocycles. The van der Waals surface area contributed by atoms with E-state index in [9.17, 15) is 0 Å². The van der Waals surface area contributed by atoms with Gasteiger partial charge in [0.1, 0.15) is 0 Å². The Morgan fingerprint density at radius 1 is 1.19 bits per heavy atom. The van der Waals surface area contributed by atoms with E-state index in [-0.39, 0.29) is 0 Å². The van der Waals surface area contributed by atoms with E-state index in [1.807, 2.05) is 0 Å². The first-order chi connectivity index (χ1) is 7.79. The average molecular weight is 225 g/mol. The lowest BCUT2D eigenvalue weighted by Crippen LogP contribution is -2.46. The van der Waals surface area contributed by atoms with E-state index in [2.05, 4.69) is 29.1 Å². The average Bonchev–Trinajstić information content (AvgIpc) is 3.00. The highest BCUT2D eigenvalue weighted by molar-refractivity contribution is 4.92. The molecule has 2 fully saturated rings. The van der Waals surface area contributed by atoms with Crippen LogP contribution in [-0.2, 0) is 0 Å². The maximum atomic E-state index is 3.69. The fourth-order valence-electron chi connectivity index (χ4n) is 2.67. The van der Waals surface area contributed by atoms with E-state index >= 15 is 0 Å². The Morgan fingerprint density at radius 3 is 2.62 bits per heavy atom. The maximum absolute atomic E-state index is 3.69. The molecule has 2 atom stereocenters. The monoisotopic (exact) mass is 225 g/mol. The molecule has 1 saturated heterocycles. The molecule has 94 valence electrons. The lowest BCUT2D eigenvalue weighted by molar-refractivity contribution is 0.154. The van der Waals surface area contributed by atoms with Crippen LogP contribution in [0.2, 0.25) is 0 Å². The summed E-state index contributed by atoms with van der Waals surface area (Å²) in [5.74, 6) is 0.998. The first-order valence-corrected chi connectivity index (χ1v) is 6.94. The van der Waals surface area contributed by atoms with Crippen molar-refractivity contribution in [2.24, 2.45) is 5.92 Å². The van der Waals surface area contributed by atoms with E-state index in [0.29, 0.717) is 0 Å². The van der Waals surface area contributed by atoms with Crippen LogP contribution in [0, 0.1) is 5.92 Å². The van der Waals surface area contributed by atoms with Crippen LogP contribution in [-0.4, -0.2) is 62.2 Å². The summed E-state index contributed by atoms with van der Waals surface area (Å²) < 4.78 is 0. The molecular weight excluding hydrogens is 198 g/mol. The lowest BCUT2D eigenvalue weighted by atomic mass is 10.2. The zero-order chi connectivity index (χ0) is 11.4. The predicted octanol–water partition coefficient (Wildman–Crippen LogP) is 1.01. The Labute approximate surface area is 100 Å². The van der Waals surface area contributed by atoms with Gasteiger partial charge in [0.15, 0.2) is 0 Å². The van der Waals surface area contributed by atoms with Gasteiger partial charge in [0.2, 0.25) is 0 Å². The molecule has 3 heteroatoms. The number of piperazine rings is 1. The molecular formula is C13H27N3. The van der Waals surface area contributed by atoms with Crippen LogP contribution in [0.15, 0.2) is 0 Å². The van der Waals surface area contributed by atoms with E-state index in [1.165, 1.54) is 58.5 Å². The molecule has 2 unspecified atom stereocenters. The van der Waals surface area contributed by atoms with Gasteiger partial charge in [-0.05, 0) is 25.8 Å². The lowest BCUT2D eigenvalue weighted by Gasteiger charge is -2.32. The van der Waals surface area contributed by atoms with Crippen LogP contribution in [0.1, 0.15) is 26.2 Å². The molecule has 0 aromatic heterocycles. The van der Waals surface area contributed by atoms with Gasteiger partial charge in [0, 0.05) is 45.3 Å². The van der Waals surface area contributed by atoms with Crippen molar-refractivity contribution in [3.8, 4) is 0 Å². The standard InChI is InChI=1S/C13H27N3/c1-3-4-12-11-13(12)14-5-6-16-9-7-15(2)8-10-16/h12-14H,3-11H2,1-2H3. The Bertz CT molecular complexity index is 199. The van der Waals surface area contributed by atoms with Gasteiger partial charge >= 0.3 is 0 Å². The van der Waals surface area contributed by atoms with E-state index in [1.54, 1.807) is 0 Å². The van der Waals surface area contributed by atoms with Crippen molar-refractivity contribution in [1.82, 2.24) is 15.1 Å². The molecule has 2 rings (SSSR count). The number of likely N-dealkylation sites (N-methyl/N-ethyl adjacent to an activating group) is 1. The zero-order valence-electron chi connectivity index (χ0n) is 10.9. The van der Waals surface area contributed by atoms with Crippen molar-refractivity contribution in [1.29, 1.82) is 0 Å². The van der Waals surface area contributed by atoms with Crippen molar-refractivity contribution in [2.75, 3.05) is 46.3 Å². The Balaban J connectivity index is 1.49. The third-order valence-corrected chi connectivity index (χ3v) is 4.01. The molecule has 1 N–H and O–H groups in total. The Kier molecular flexibility index (Phi) is 4.62. The van der Waals surface area contributed by atoms with Gasteiger partial charge in [-0.3, -0.25) is 4.90 Å². The predicted molar refractivity (Wildman–Crippen MR) is 68.7 cm³/mol. The normalized spacial score (nSPS) is 31.9. The first-order valence-electron chi connectivity index (χ1n) is 6.94. The number of hydrogen-bond donors (Lipinski definition) is 1. The third-order valence-electron chi connectivity index (χ3n) is 4.01. The first kappa shape index (κ1) is 12.3. The number of hydrogen-bond acceptors (Lipinski definition) is 3. The topological polar surface area (TPSA) is 18.5 Å². The summed E-state index contributed by atoms with van der Waals surface area (Å²) in [6.07, 6.45) is 4.20. The minimum Gasteiger partial charge on any atom is -0.312 e. The van der Waals surface area contributed by atoms with Gasteiger partial charge in [-0.2, -0.15) is 0 Å². The van der Waals surface area contributed by atoms with Gasteiger partial charge in [0.05, 0.1) is 0 Å². The summed E-state index contributed by atoms with van der Waals surface area (Å²) in [5.41, 5.74) is 0. The number of rotatable bonds is 6. The zero-order valence-corrected chi connectivity index (χ0v) is 10.9. The molecule has 0 bridgehead atoms. The molecule has 1 saturated carbocycles. The van der Waals surface area contributed by atoms with Gasteiger partial charge in [-0.25, -0.2) is 0 Å². The second-order valence-corrected chi connectivity index (χ2v) is 5.49. The van der Waals surface area contributed by atoms with Crippen molar-refractivity contribution in [3.63, 3.8) is 0 Å². The highest BCUT2D eigenvalue weighted by Gasteiger charge is 2.35. The van der Waals surface area contributed by atoms with Gasteiger partial charge < -0.3 is 10.2 Å². The molecule has 2 aliphatic rings. The van der Waals surface area contributed by atoms with Crippen LogP contribution < -0.4 is 5.32 Å². The van der Waals surface area contributed by atoms with Crippen LogP contribution >= 0.6 is 0 Å². The highest BCUT2D eigenvalue weighted by Crippen LogP contribution is 2.34. The van der Waals surface area contributed by atoms with Gasteiger partial charge in [-0.15, -0.1) is 0 Å². The van der Waals surface area contributed by atoms with Crippen molar-refractivity contribution in [2.45, 2.75) is 32.2 Å². The largest absolute Gasteiger partial charge is 0.312 e. The fourth-order valence-corrected chi connectivity index (χ4v) is 2.67. The molecule has 1 heterocycles. The summed E-state index contributed by atoms with van der Waals surface area (Å²) >= 11 is 0. The van der Waals surface area contributed by atoms with Crippen LogP contribution in [0.25, 0.3) is 0 Å². The van der Waals surface area contributed by atoms with Crippen molar-refractivity contribution >= 4 is 0 Å². The minimum absolute atomic E-state index is 0.854. The van der Waals surface area contributed by atoms with E-state index in [4.69, 9.17) is 0 Å². The second-order valence-electron chi connectivity index (χ2n) is 5.49. The van der Waals surface area contributed by atoms with Gasteiger partial charge in [0.25, 0.3) is 0 Å². The minimum atomic E-state index is 0.854. The molecule has 0 amide bonds. The van der Waals surface area contributed by atoms with Crippen molar-refractivity contribution in [3.05, 3.63) is 0 Å². The van der Waals surface area contributed by atoms with Crippen molar-refractivity contribution < 1.29 is 0 Å². The molecule has 16 heavy (non-hydrogen) atoms. The van der Waals surface area contributed by atoms with Crippen LogP contribution in [0.4, 0.5) is 0 Å². The van der Waals surface area contributed by atoms with Gasteiger partial charge in [-0.1, -0.05) is 13.3 Å². The molecule has 1 aliphatic heterocycles. The summed E-state index contributed by atoms with van der Waals surface area (Å²) in [6.45, 7) is 9.70. The quantitative estimate of drug-likeness (QED) is 0.728. The molecule has 1 aliphatic carbocycles. The maximum Gasteiger partial charge on any atom is 0.0110 e. The molecule has 0 radical (unpaired) electrons. The number of nitrogens with one attached hydrogen (secondary N) is 1. The summed E-state index contributed by atoms with van der Waals surface area (Å²) in [6, 6.07) is 0.854. The summed E-state index contributed by atoms with van der Waals surface area (Å²) in [5, 5.41) is 3.69. The third kappa shape index (κ3) is 3.72. The van der Waals surface area contributed by atoms with Crippen LogP contribution in [0.5, 0.6) is 0 Å². The summed E-state index contributed by atoms with van der Waals surface area (Å²) in [7, 11) is 2.22. The highest BCUT2D eigenvalue weighted by atomic mass is 15.2. The second kappa shape index (κ2) is 5.99.